The van der Waals surface area contributed by atoms with Crippen LogP contribution in [-0.2, 0) is 9.31 Å². The van der Waals surface area contributed by atoms with Crippen molar-refractivity contribution >= 4 is 12.6 Å². The molecule has 0 unspecified atom stereocenters. The summed E-state index contributed by atoms with van der Waals surface area (Å²) in [5, 5.41) is 0. The van der Waals surface area contributed by atoms with E-state index < -0.39 is 0 Å². The highest BCUT2D eigenvalue weighted by Gasteiger charge is 2.52. The summed E-state index contributed by atoms with van der Waals surface area (Å²) in [6, 6.07) is 6.03. The van der Waals surface area contributed by atoms with Gasteiger partial charge in [-0.25, -0.2) is 0 Å². The summed E-state index contributed by atoms with van der Waals surface area (Å²) in [7, 11) is 1.30. The molecule has 1 aromatic carbocycles. The molecule has 1 aliphatic rings. The number of ether oxygens (including phenoxy) is 1. The summed E-state index contributed by atoms with van der Waals surface area (Å²) < 4.78 is 17.5. The fraction of sp³-hybridized carbons (Fsp3) is 0.571. The molecular formula is C14H21BO3. The van der Waals surface area contributed by atoms with Gasteiger partial charge in [0.05, 0.1) is 18.3 Å². The molecule has 98 valence electrons. The second-order valence-corrected chi connectivity index (χ2v) is 5.83. The van der Waals surface area contributed by atoms with E-state index >= 15 is 0 Å². The normalized spacial score (nSPS) is 21.1. The fourth-order valence-electron chi connectivity index (χ4n) is 2.01. The van der Waals surface area contributed by atoms with Gasteiger partial charge in [0.25, 0.3) is 0 Å². The largest absolute Gasteiger partial charge is 0.498 e. The molecule has 0 radical (unpaired) electrons. The van der Waals surface area contributed by atoms with Crippen LogP contribution < -0.4 is 10.2 Å². The summed E-state index contributed by atoms with van der Waals surface area (Å²) in [6.45, 7) is 10.3. The Hall–Kier alpha value is -0.995. The zero-order chi connectivity index (χ0) is 13.6. The van der Waals surface area contributed by atoms with Gasteiger partial charge in [-0.15, -0.1) is 0 Å². The van der Waals surface area contributed by atoms with Crippen molar-refractivity contribution in [3.05, 3.63) is 23.8 Å². The molecule has 1 saturated heterocycles. The highest BCUT2D eigenvalue weighted by Crippen LogP contribution is 2.37. The molecule has 0 aromatic heterocycles. The first-order valence-corrected chi connectivity index (χ1v) is 6.27. The number of hydrogen-bond acceptors (Lipinski definition) is 3. The molecule has 2 rings (SSSR count). The number of aryl methyl sites for hydroxylation is 1. The van der Waals surface area contributed by atoms with E-state index in [2.05, 4.69) is 33.8 Å². The molecule has 0 atom stereocenters. The number of hydrogen-bond donors (Lipinski definition) is 0. The van der Waals surface area contributed by atoms with Gasteiger partial charge in [-0.2, -0.15) is 0 Å². The standard InChI is InChI=1S/C14H21BO3/c1-10-7-8-12(16-6)11(9-10)15-17-13(2,3)14(4,5)18-15/h7-9H,1-6H3. The molecule has 0 aliphatic carbocycles. The van der Waals surface area contributed by atoms with Crippen LogP contribution in [0.3, 0.4) is 0 Å². The Labute approximate surface area is 110 Å². The lowest BCUT2D eigenvalue weighted by Crippen LogP contribution is -2.41. The lowest BCUT2D eigenvalue weighted by Gasteiger charge is -2.32. The van der Waals surface area contributed by atoms with Gasteiger partial charge in [0.1, 0.15) is 5.75 Å². The quantitative estimate of drug-likeness (QED) is 0.751. The highest BCUT2D eigenvalue weighted by molar-refractivity contribution is 6.63. The Bertz CT molecular complexity index is 438. The molecule has 0 bridgehead atoms. The van der Waals surface area contributed by atoms with E-state index in [1.165, 1.54) is 5.56 Å². The fourth-order valence-corrected chi connectivity index (χ4v) is 2.01. The average Bonchev–Trinajstić information content (AvgIpc) is 2.48. The van der Waals surface area contributed by atoms with Crippen molar-refractivity contribution in [1.82, 2.24) is 0 Å². The second-order valence-electron chi connectivity index (χ2n) is 5.83. The Morgan fingerprint density at radius 2 is 1.61 bits per heavy atom. The Morgan fingerprint density at radius 3 is 2.11 bits per heavy atom. The minimum atomic E-state index is -0.371. The number of benzene rings is 1. The van der Waals surface area contributed by atoms with Crippen molar-refractivity contribution in [1.29, 1.82) is 0 Å². The lowest BCUT2D eigenvalue weighted by atomic mass is 9.77. The van der Waals surface area contributed by atoms with Gasteiger partial charge in [0.2, 0.25) is 0 Å². The van der Waals surface area contributed by atoms with E-state index in [9.17, 15) is 0 Å². The smallest absolute Gasteiger partial charge is 0.497 e. The molecule has 0 amide bonds. The second kappa shape index (κ2) is 4.28. The van der Waals surface area contributed by atoms with Crippen molar-refractivity contribution in [3.63, 3.8) is 0 Å². The summed E-state index contributed by atoms with van der Waals surface area (Å²) in [5.41, 5.74) is 1.47. The molecule has 0 spiro atoms. The van der Waals surface area contributed by atoms with Crippen molar-refractivity contribution in [3.8, 4) is 5.75 Å². The summed E-state index contributed by atoms with van der Waals surface area (Å²) in [6.07, 6.45) is 0. The van der Waals surface area contributed by atoms with Gasteiger partial charge in [0, 0.05) is 5.46 Å². The van der Waals surface area contributed by atoms with Gasteiger partial charge >= 0.3 is 7.12 Å². The molecule has 3 nitrogen and oxygen atoms in total. The molecular weight excluding hydrogens is 227 g/mol. The van der Waals surface area contributed by atoms with Crippen LogP contribution in [0.5, 0.6) is 5.75 Å². The molecule has 1 heterocycles. The van der Waals surface area contributed by atoms with Crippen molar-refractivity contribution in [2.45, 2.75) is 45.8 Å². The average molecular weight is 248 g/mol. The summed E-state index contributed by atoms with van der Waals surface area (Å²) >= 11 is 0. The van der Waals surface area contributed by atoms with Crippen LogP contribution in [0.25, 0.3) is 0 Å². The summed E-state index contributed by atoms with van der Waals surface area (Å²) in [4.78, 5) is 0. The van der Waals surface area contributed by atoms with Gasteiger partial charge in [-0.1, -0.05) is 17.7 Å². The molecule has 4 heteroatoms. The van der Waals surface area contributed by atoms with Crippen LogP contribution >= 0.6 is 0 Å². The van der Waals surface area contributed by atoms with Gasteiger partial charge in [0.15, 0.2) is 0 Å². The summed E-state index contributed by atoms with van der Waals surface area (Å²) in [5.74, 6) is 0.805. The van der Waals surface area contributed by atoms with E-state index in [1.54, 1.807) is 7.11 Å². The molecule has 18 heavy (non-hydrogen) atoms. The van der Waals surface area contributed by atoms with Crippen molar-refractivity contribution in [2.75, 3.05) is 7.11 Å². The van der Waals surface area contributed by atoms with E-state index in [0.717, 1.165) is 11.2 Å². The van der Waals surface area contributed by atoms with Crippen LogP contribution in [0.2, 0.25) is 0 Å². The zero-order valence-electron chi connectivity index (χ0n) is 12.0. The monoisotopic (exact) mass is 248 g/mol. The van der Waals surface area contributed by atoms with Crippen LogP contribution in [0.1, 0.15) is 33.3 Å². The molecule has 1 aliphatic heterocycles. The van der Waals surface area contributed by atoms with E-state index in [-0.39, 0.29) is 18.3 Å². The predicted molar refractivity (Wildman–Crippen MR) is 73.4 cm³/mol. The third-order valence-electron chi connectivity index (χ3n) is 3.89. The van der Waals surface area contributed by atoms with E-state index in [0.29, 0.717) is 0 Å². The van der Waals surface area contributed by atoms with Crippen LogP contribution in [0.15, 0.2) is 18.2 Å². The Morgan fingerprint density at radius 1 is 1.06 bits per heavy atom. The maximum atomic E-state index is 6.05. The predicted octanol–water partition coefficient (Wildman–Crippen LogP) is 2.30. The topological polar surface area (TPSA) is 27.7 Å². The van der Waals surface area contributed by atoms with Gasteiger partial charge in [-0.3, -0.25) is 0 Å². The Balaban J connectivity index is 2.37. The zero-order valence-corrected chi connectivity index (χ0v) is 12.0. The maximum Gasteiger partial charge on any atom is 0.498 e. The van der Waals surface area contributed by atoms with E-state index in [4.69, 9.17) is 14.0 Å². The van der Waals surface area contributed by atoms with Crippen LogP contribution in [-0.4, -0.2) is 25.4 Å². The minimum Gasteiger partial charge on any atom is -0.497 e. The molecule has 1 fully saturated rings. The lowest BCUT2D eigenvalue weighted by molar-refractivity contribution is 0.00578. The van der Waals surface area contributed by atoms with Crippen molar-refractivity contribution in [2.24, 2.45) is 0 Å². The molecule has 0 N–H and O–H groups in total. The number of rotatable bonds is 2. The third kappa shape index (κ3) is 2.15. The van der Waals surface area contributed by atoms with Crippen molar-refractivity contribution < 1.29 is 14.0 Å². The van der Waals surface area contributed by atoms with Crippen LogP contribution in [0, 0.1) is 6.92 Å². The van der Waals surface area contributed by atoms with Gasteiger partial charge < -0.3 is 14.0 Å². The minimum absolute atomic E-state index is 0.327. The third-order valence-corrected chi connectivity index (χ3v) is 3.89. The van der Waals surface area contributed by atoms with Crippen LogP contribution in [0.4, 0.5) is 0 Å². The first-order chi connectivity index (χ1) is 8.27. The van der Waals surface area contributed by atoms with E-state index in [1.807, 2.05) is 19.1 Å². The molecule has 0 saturated carbocycles. The SMILES string of the molecule is COc1ccc(C)cc1B1OC(C)(C)C(C)(C)O1. The highest BCUT2D eigenvalue weighted by atomic mass is 16.7. The number of methoxy groups -OCH3 is 1. The Kier molecular flexibility index (Phi) is 3.20. The maximum absolute atomic E-state index is 6.05. The molecule has 1 aromatic rings. The van der Waals surface area contributed by atoms with Gasteiger partial charge in [-0.05, 0) is 40.7 Å². The first kappa shape index (κ1) is 13.4. The first-order valence-electron chi connectivity index (χ1n) is 6.27.